The molecule has 0 unspecified atom stereocenters. The molecule has 102 valence electrons. The van der Waals surface area contributed by atoms with Crippen LogP contribution in [0.15, 0.2) is 18.2 Å². The molecule has 1 aromatic rings. The first-order valence-electron chi connectivity index (χ1n) is 5.43. The Balaban J connectivity index is 0.00000289. The highest BCUT2D eigenvalue weighted by Crippen LogP contribution is 2.23. The summed E-state index contributed by atoms with van der Waals surface area (Å²) in [5.74, 6) is 0.958. The molecule has 0 radical (unpaired) electrons. The van der Waals surface area contributed by atoms with Crippen LogP contribution in [0.2, 0.25) is 0 Å². The molecule has 1 aromatic carbocycles. The number of carbonyl (C=O) groups is 1. The smallest absolute Gasteiger partial charge is 0.255 e. The lowest BCUT2D eigenvalue weighted by atomic mass is 10.1. The van der Waals surface area contributed by atoms with Gasteiger partial charge in [-0.25, -0.2) is 0 Å². The Morgan fingerprint density at radius 3 is 2.61 bits per heavy atom. The fourth-order valence-electron chi connectivity index (χ4n) is 1.39. The third-order valence-electron chi connectivity index (χ3n) is 2.32. The number of amides is 1. The summed E-state index contributed by atoms with van der Waals surface area (Å²) in [6, 6.07) is 5.10. The van der Waals surface area contributed by atoms with E-state index in [1.54, 1.807) is 25.3 Å². The second kappa shape index (κ2) is 8.60. The Bertz CT molecular complexity index is 386. The molecule has 0 fully saturated rings. The predicted molar refractivity (Wildman–Crippen MR) is 72.8 cm³/mol. The zero-order valence-corrected chi connectivity index (χ0v) is 11.4. The Labute approximate surface area is 113 Å². The lowest BCUT2D eigenvalue weighted by Crippen LogP contribution is -2.26. The van der Waals surface area contributed by atoms with Crippen molar-refractivity contribution in [2.24, 2.45) is 5.73 Å². The molecule has 1 amide bonds. The molecule has 3 N–H and O–H groups in total. The summed E-state index contributed by atoms with van der Waals surface area (Å²) in [6.45, 7) is 1.10. The van der Waals surface area contributed by atoms with Crippen LogP contribution in [-0.4, -0.2) is 33.2 Å². The minimum absolute atomic E-state index is 0. The molecule has 0 saturated heterocycles. The number of nitrogens with one attached hydrogen (secondary N) is 1. The molecule has 0 heterocycles. The van der Waals surface area contributed by atoms with Gasteiger partial charge in [0.05, 0.1) is 19.8 Å². The molecule has 6 heteroatoms. The van der Waals surface area contributed by atoms with Gasteiger partial charge in [0.2, 0.25) is 0 Å². The Hall–Kier alpha value is -1.46. The second-order valence-corrected chi connectivity index (χ2v) is 3.46. The number of hydrogen-bond donors (Lipinski definition) is 2. The van der Waals surface area contributed by atoms with Crippen LogP contribution in [0.25, 0.3) is 0 Å². The molecule has 0 aromatic heterocycles. The average molecular weight is 275 g/mol. The molecule has 0 atom stereocenters. The van der Waals surface area contributed by atoms with Gasteiger partial charge in [0.1, 0.15) is 11.5 Å². The highest BCUT2D eigenvalue weighted by atomic mass is 35.5. The Morgan fingerprint density at radius 2 is 2.06 bits per heavy atom. The average Bonchev–Trinajstić information content (AvgIpc) is 2.38. The van der Waals surface area contributed by atoms with E-state index in [1.807, 2.05) is 0 Å². The van der Waals surface area contributed by atoms with Gasteiger partial charge in [-0.3, -0.25) is 4.79 Å². The summed E-state index contributed by atoms with van der Waals surface area (Å²) < 4.78 is 10.2. The minimum Gasteiger partial charge on any atom is -0.497 e. The van der Waals surface area contributed by atoms with Crippen LogP contribution in [0.5, 0.6) is 11.5 Å². The van der Waals surface area contributed by atoms with Crippen molar-refractivity contribution in [3.63, 3.8) is 0 Å². The lowest BCUT2D eigenvalue weighted by molar-refractivity contribution is 0.0950. The highest BCUT2D eigenvalue weighted by Gasteiger charge is 2.12. The van der Waals surface area contributed by atoms with E-state index in [-0.39, 0.29) is 18.3 Å². The van der Waals surface area contributed by atoms with E-state index >= 15 is 0 Å². The van der Waals surface area contributed by atoms with Gasteiger partial charge in [0.15, 0.2) is 0 Å². The van der Waals surface area contributed by atoms with E-state index < -0.39 is 0 Å². The molecule has 0 aliphatic rings. The molecule has 0 spiro atoms. The van der Waals surface area contributed by atoms with Crippen molar-refractivity contribution in [3.8, 4) is 11.5 Å². The standard InChI is InChI=1S/C12H18N2O3.ClH/c1-16-9-4-5-11(17-2)10(8-9)12(15)14-7-3-6-13;/h4-5,8H,3,6-7,13H2,1-2H3,(H,14,15);1H. The van der Waals surface area contributed by atoms with Crippen molar-refractivity contribution in [1.29, 1.82) is 0 Å². The van der Waals surface area contributed by atoms with Gasteiger partial charge in [-0.2, -0.15) is 0 Å². The largest absolute Gasteiger partial charge is 0.497 e. The zero-order chi connectivity index (χ0) is 12.7. The molecule has 18 heavy (non-hydrogen) atoms. The summed E-state index contributed by atoms with van der Waals surface area (Å²) in [5, 5.41) is 2.77. The van der Waals surface area contributed by atoms with Crippen molar-refractivity contribution < 1.29 is 14.3 Å². The quantitative estimate of drug-likeness (QED) is 0.765. The van der Waals surface area contributed by atoms with E-state index in [0.717, 1.165) is 6.42 Å². The summed E-state index contributed by atoms with van der Waals surface area (Å²) in [6.07, 6.45) is 0.748. The first kappa shape index (κ1) is 16.5. The summed E-state index contributed by atoms with van der Waals surface area (Å²) in [4.78, 5) is 11.9. The van der Waals surface area contributed by atoms with Crippen molar-refractivity contribution in [2.45, 2.75) is 6.42 Å². The van der Waals surface area contributed by atoms with Crippen LogP contribution < -0.4 is 20.5 Å². The van der Waals surface area contributed by atoms with Crippen molar-refractivity contribution in [3.05, 3.63) is 23.8 Å². The van der Waals surface area contributed by atoms with Crippen LogP contribution in [0.1, 0.15) is 16.8 Å². The van der Waals surface area contributed by atoms with Crippen LogP contribution in [0.4, 0.5) is 0 Å². The molecule has 0 aliphatic heterocycles. The molecule has 0 saturated carbocycles. The molecular weight excluding hydrogens is 256 g/mol. The predicted octanol–water partition coefficient (Wildman–Crippen LogP) is 1.20. The molecule has 5 nitrogen and oxygen atoms in total. The summed E-state index contributed by atoms with van der Waals surface area (Å²) >= 11 is 0. The number of rotatable bonds is 6. The van der Waals surface area contributed by atoms with Gasteiger partial charge in [-0.05, 0) is 31.2 Å². The fraction of sp³-hybridized carbons (Fsp3) is 0.417. The second-order valence-electron chi connectivity index (χ2n) is 3.46. The number of ether oxygens (including phenoxy) is 2. The monoisotopic (exact) mass is 274 g/mol. The molecule has 1 rings (SSSR count). The first-order chi connectivity index (χ1) is 8.22. The van der Waals surface area contributed by atoms with Gasteiger partial charge in [-0.1, -0.05) is 0 Å². The first-order valence-corrected chi connectivity index (χ1v) is 5.43. The minimum atomic E-state index is -0.186. The molecule has 0 aliphatic carbocycles. The van der Waals surface area contributed by atoms with Gasteiger partial charge in [-0.15, -0.1) is 12.4 Å². The number of nitrogens with two attached hydrogens (primary N) is 1. The van der Waals surface area contributed by atoms with Crippen molar-refractivity contribution >= 4 is 18.3 Å². The number of carbonyl (C=O) groups excluding carboxylic acids is 1. The molecule has 0 bridgehead atoms. The van der Waals surface area contributed by atoms with Crippen LogP contribution in [0, 0.1) is 0 Å². The van der Waals surface area contributed by atoms with Gasteiger partial charge < -0.3 is 20.5 Å². The number of hydrogen-bond acceptors (Lipinski definition) is 4. The van der Waals surface area contributed by atoms with Crippen LogP contribution >= 0.6 is 12.4 Å². The van der Waals surface area contributed by atoms with Crippen molar-refractivity contribution in [1.82, 2.24) is 5.32 Å². The van der Waals surface area contributed by atoms with Crippen molar-refractivity contribution in [2.75, 3.05) is 27.3 Å². The third kappa shape index (κ3) is 4.43. The fourth-order valence-corrected chi connectivity index (χ4v) is 1.39. The highest BCUT2D eigenvalue weighted by molar-refractivity contribution is 5.97. The number of halogens is 1. The Morgan fingerprint density at radius 1 is 1.33 bits per heavy atom. The molecular formula is C12H19ClN2O3. The van der Waals surface area contributed by atoms with E-state index in [2.05, 4.69) is 5.32 Å². The maximum absolute atomic E-state index is 11.9. The van der Waals surface area contributed by atoms with Crippen LogP contribution in [-0.2, 0) is 0 Å². The number of methoxy groups -OCH3 is 2. The van der Waals surface area contributed by atoms with E-state index in [9.17, 15) is 4.79 Å². The topological polar surface area (TPSA) is 73.6 Å². The van der Waals surface area contributed by atoms with Gasteiger partial charge in [0, 0.05) is 6.54 Å². The summed E-state index contributed by atoms with van der Waals surface area (Å²) in [7, 11) is 3.08. The van der Waals surface area contributed by atoms with Gasteiger partial charge in [0.25, 0.3) is 5.91 Å². The maximum atomic E-state index is 11.9. The summed E-state index contributed by atoms with van der Waals surface area (Å²) in [5.41, 5.74) is 5.82. The normalized spacial score (nSPS) is 9.28. The van der Waals surface area contributed by atoms with E-state index in [0.29, 0.717) is 30.2 Å². The number of benzene rings is 1. The third-order valence-corrected chi connectivity index (χ3v) is 2.32. The SMILES string of the molecule is COc1ccc(OC)c(C(=O)NCCCN)c1.Cl. The maximum Gasteiger partial charge on any atom is 0.255 e. The van der Waals surface area contributed by atoms with Gasteiger partial charge >= 0.3 is 0 Å². The lowest BCUT2D eigenvalue weighted by Gasteiger charge is -2.10. The van der Waals surface area contributed by atoms with E-state index in [4.69, 9.17) is 15.2 Å². The zero-order valence-electron chi connectivity index (χ0n) is 10.6. The Kier molecular flexibility index (Phi) is 7.91. The van der Waals surface area contributed by atoms with Crippen LogP contribution in [0.3, 0.4) is 0 Å². The van der Waals surface area contributed by atoms with E-state index in [1.165, 1.54) is 7.11 Å².